The van der Waals surface area contributed by atoms with Gasteiger partial charge in [-0.1, -0.05) is 58.4 Å². The van der Waals surface area contributed by atoms with Crippen molar-refractivity contribution in [2.75, 3.05) is 13.2 Å². The van der Waals surface area contributed by atoms with Crippen LogP contribution in [0.4, 0.5) is 0 Å². The van der Waals surface area contributed by atoms with E-state index in [-0.39, 0.29) is 0 Å². The Hall–Kier alpha value is -2.74. The third-order valence-electron chi connectivity index (χ3n) is 4.65. The van der Waals surface area contributed by atoms with Crippen LogP contribution in [-0.2, 0) is 11.3 Å². The molecule has 0 unspecified atom stereocenters. The Morgan fingerprint density at radius 1 is 1.23 bits per heavy atom. The van der Waals surface area contributed by atoms with Gasteiger partial charge in [0.15, 0.2) is 4.80 Å². The largest absolute Gasteiger partial charge is 0.380 e. The van der Waals surface area contributed by atoms with E-state index in [4.69, 9.17) is 20.9 Å². The predicted molar refractivity (Wildman–Crippen MR) is 118 cm³/mol. The van der Waals surface area contributed by atoms with Gasteiger partial charge in [0.1, 0.15) is 17.0 Å². The first-order valence-electron chi connectivity index (χ1n) is 9.56. The van der Waals surface area contributed by atoms with Crippen molar-refractivity contribution in [3.63, 3.8) is 0 Å². The smallest absolute Gasteiger partial charge is 0.285 e. The second-order valence-electron chi connectivity index (χ2n) is 6.56. The summed E-state index contributed by atoms with van der Waals surface area (Å²) in [6.45, 7) is 5.43. The fourth-order valence-corrected chi connectivity index (χ4v) is 4.51. The number of fused-ring (bicyclic) bond motifs is 1. The number of nitrogens with zero attached hydrogens (tertiary/aromatic N) is 3. The van der Waals surface area contributed by atoms with E-state index >= 15 is 0 Å². The lowest BCUT2D eigenvalue weighted by Gasteiger charge is -2.05. The summed E-state index contributed by atoms with van der Waals surface area (Å²) in [7, 11) is 0. The Morgan fingerprint density at radius 3 is 2.80 bits per heavy atom. The highest BCUT2D eigenvalue weighted by molar-refractivity contribution is 7.16. The number of thiazole rings is 1. The molecule has 0 spiro atoms. The van der Waals surface area contributed by atoms with E-state index < -0.39 is 5.91 Å². The normalized spacial score (nSPS) is 12.0. The molecule has 0 bridgehead atoms. The van der Waals surface area contributed by atoms with Crippen molar-refractivity contribution in [1.29, 1.82) is 0 Å². The molecule has 0 aliphatic carbocycles. The van der Waals surface area contributed by atoms with E-state index in [9.17, 15) is 4.79 Å². The second-order valence-corrected chi connectivity index (χ2v) is 7.98. The molecule has 2 aromatic heterocycles. The highest BCUT2D eigenvalue weighted by atomic mass is 35.5. The first-order valence-corrected chi connectivity index (χ1v) is 10.8. The van der Waals surface area contributed by atoms with Crippen molar-refractivity contribution in [1.82, 2.24) is 9.72 Å². The summed E-state index contributed by atoms with van der Waals surface area (Å²) >= 11 is 7.78. The maximum Gasteiger partial charge on any atom is 0.285 e. The quantitative estimate of drug-likeness (QED) is 0.390. The van der Waals surface area contributed by atoms with E-state index in [0.717, 1.165) is 10.2 Å². The van der Waals surface area contributed by atoms with Crippen LogP contribution in [0.5, 0.6) is 0 Å². The highest BCUT2D eigenvalue weighted by Gasteiger charge is 2.23. The topological polar surface area (TPSA) is 69.6 Å². The minimum absolute atomic E-state index is 0.317. The van der Waals surface area contributed by atoms with Gasteiger partial charge < -0.3 is 13.8 Å². The fraction of sp³-hybridized carbons (Fsp3) is 0.227. The number of carbonyl (C=O) groups excluding carboxylic acids is 1. The Balaban J connectivity index is 1.81. The fourth-order valence-electron chi connectivity index (χ4n) is 3.23. The van der Waals surface area contributed by atoms with Crippen molar-refractivity contribution >= 4 is 39.1 Å². The monoisotopic (exact) mass is 441 g/mol. The predicted octanol–water partition coefficient (Wildman–Crippen LogP) is 5.10. The van der Waals surface area contributed by atoms with Crippen LogP contribution in [0.1, 0.15) is 23.0 Å². The molecule has 0 saturated carbocycles. The van der Waals surface area contributed by atoms with Gasteiger partial charge in [-0.15, -0.1) is 0 Å². The van der Waals surface area contributed by atoms with Crippen LogP contribution < -0.4 is 4.80 Å². The summed E-state index contributed by atoms with van der Waals surface area (Å²) in [5, 5.41) is 4.57. The van der Waals surface area contributed by atoms with Crippen molar-refractivity contribution in [2.24, 2.45) is 4.99 Å². The van der Waals surface area contributed by atoms with Gasteiger partial charge in [-0.2, -0.15) is 4.99 Å². The number of rotatable bonds is 6. The summed E-state index contributed by atoms with van der Waals surface area (Å²) in [5.41, 5.74) is 2.36. The van der Waals surface area contributed by atoms with E-state index in [1.165, 1.54) is 11.3 Å². The molecular weight excluding hydrogens is 422 g/mol. The molecule has 0 aliphatic rings. The zero-order chi connectivity index (χ0) is 21.1. The summed E-state index contributed by atoms with van der Waals surface area (Å²) < 4.78 is 13.9. The van der Waals surface area contributed by atoms with Gasteiger partial charge >= 0.3 is 0 Å². The third-order valence-corrected chi connectivity index (χ3v) is 6.04. The number of benzene rings is 2. The maximum atomic E-state index is 13.2. The molecule has 0 saturated heterocycles. The molecule has 2 aromatic carbocycles. The number of halogens is 1. The number of aromatic nitrogens is 2. The Bertz CT molecular complexity index is 1270. The van der Waals surface area contributed by atoms with Gasteiger partial charge in [0.25, 0.3) is 5.91 Å². The Morgan fingerprint density at radius 2 is 2.00 bits per heavy atom. The highest BCUT2D eigenvalue weighted by Crippen LogP contribution is 2.31. The molecule has 0 fully saturated rings. The Labute approximate surface area is 182 Å². The van der Waals surface area contributed by atoms with Crippen LogP contribution >= 0.6 is 22.9 Å². The SMILES string of the molecule is CCOCCn1c(=NC(=O)c2c(-c3ccccc3Cl)noc2C)sc2ccccc21. The van der Waals surface area contributed by atoms with Crippen molar-refractivity contribution < 1.29 is 14.1 Å². The van der Waals surface area contributed by atoms with Gasteiger partial charge in [-0.25, -0.2) is 0 Å². The summed E-state index contributed by atoms with van der Waals surface area (Å²) in [5.74, 6) is -0.0129. The first kappa shape index (κ1) is 20.5. The standard InChI is InChI=1S/C22H20ClN3O3S/c1-3-28-13-12-26-17-10-6-7-11-18(17)30-22(26)24-21(27)19-14(2)29-25-20(19)15-8-4-5-9-16(15)23/h4-11H,3,12-13H2,1-2H3. The molecule has 0 atom stereocenters. The molecule has 0 aliphatic heterocycles. The summed E-state index contributed by atoms with van der Waals surface area (Å²) in [6.07, 6.45) is 0. The van der Waals surface area contributed by atoms with Crippen molar-refractivity contribution in [3.8, 4) is 11.3 Å². The molecular formula is C22H20ClN3O3S. The van der Waals surface area contributed by atoms with E-state index in [0.29, 0.717) is 52.2 Å². The van der Waals surface area contributed by atoms with Crippen molar-refractivity contribution in [3.05, 3.63) is 69.7 Å². The van der Waals surface area contributed by atoms with Crippen molar-refractivity contribution in [2.45, 2.75) is 20.4 Å². The average molecular weight is 442 g/mol. The molecule has 4 aromatic rings. The van der Waals surface area contributed by atoms with Crippen LogP contribution in [0.15, 0.2) is 58.0 Å². The van der Waals surface area contributed by atoms with Gasteiger partial charge in [0.2, 0.25) is 0 Å². The molecule has 8 heteroatoms. The second kappa shape index (κ2) is 8.95. The first-order chi connectivity index (χ1) is 14.6. The number of para-hydroxylation sites is 1. The van der Waals surface area contributed by atoms with Gasteiger partial charge in [0, 0.05) is 18.7 Å². The minimum atomic E-state index is -0.416. The molecule has 0 radical (unpaired) electrons. The number of hydrogen-bond acceptors (Lipinski definition) is 5. The number of ether oxygens (including phenoxy) is 1. The number of amides is 1. The molecule has 2 heterocycles. The van der Waals surface area contributed by atoms with Crippen LogP contribution in [0, 0.1) is 6.92 Å². The lowest BCUT2D eigenvalue weighted by Crippen LogP contribution is -2.20. The van der Waals surface area contributed by atoms with Crippen LogP contribution in [0.3, 0.4) is 0 Å². The molecule has 0 N–H and O–H groups in total. The van der Waals surface area contributed by atoms with Gasteiger partial charge in [-0.3, -0.25) is 4.79 Å². The van der Waals surface area contributed by atoms with Gasteiger partial charge in [-0.05, 0) is 32.0 Å². The molecule has 4 rings (SSSR count). The number of carbonyl (C=O) groups is 1. The molecule has 30 heavy (non-hydrogen) atoms. The van der Waals surface area contributed by atoms with Crippen LogP contribution in [0.2, 0.25) is 5.02 Å². The zero-order valence-electron chi connectivity index (χ0n) is 16.6. The lowest BCUT2D eigenvalue weighted by molar-refractivity contribution is 0.0995. The van der Waals surface area contributed by atoms with E-state index in [1.54, 1.807) is 19.1 Å². The summed E-state index contributed by atoms with van der Waals surface area (Å²) in [4.78, 5) is 18.3. The van der Waals surface area contributed by atoms with E-state index in [1.807, 2.05) is 47.9 Å². The van der Waals surface area contributed by atoms with Crippen LogP contribution in [0.25, 0.3) is 21.5 Å². The molecule has 1 amide bonds. The summed E-state index contributed by atoms with van der Waals surface area (Å²) in [6, 6.07) is 15.2. The van der Waals surface area contributed by atoms with Gasteiger partial charge in [0.05, 0.1) is 21.8 Å². The zero-order valence-corrected chi connectivity index (χ0v) is 18.2. The lowest BCUT2D eigenvalue weighted by atomic mass is 10.1. The molecule has 6 nitrogen and oxygen atoms in total. The average Bonchev–Trinajstić information content (AvgIpc) is 3.29. The minimum Gasteiger partial charge on any atom is -0.380 e. The number of aryl methyl sites for hydroxylation is 1. The number of hydrogen-bond donors (Lipinski definition) is 0. The maximum absolute atomic E-state index is 13.2. The Kier molecular flexibility index (Phi) is 6.13. The van der Waals surface area contributed by atoms with E-state index in [2.05, 4.69) is 10.1 Å². The third kappa shape index (κ3) is 3.96. The molecule has 154 valence electrons. The van der Waals surface area contributed by atoms with Crippen LogP contribution in [-0.4, -0.2) is 28.8 Å².